The molecule has 0 aliphatic rings. The van der Waals surface area contributed by atoms with E-state index in [0.29, 0.717) is 11.1 Å². The molecular weight excluding hydrogens is 241 g/mol. The minimum Gasteiger partial charge on any atom is -0.504 e. The molecule has 0 radical (unpaired) electrons. The van der Waals surface area contributed by atoms with Gasteiger partial charge in [0.05, 0.1) is 7.11 Å². The molecule has 100 valence electrons. The van der Waals surface area contributed by atoms with Gasteiger partial charge < -0.3 is 20.7 Å². The highest BCUT2D eigenvalue weighted by atomic mass is 19.1. The van der Waals surface area contributed by atoms with Crippen molar-refractivity contribution in [3.05, 3.63) is 23.0 Å². The maximum atomic E-state index is 13.6. The fourth-order valence-corrected chi connectivity index (χ4v) is 1.74. The second kappa shape index (κ2) is 5.68. The molecule has 18 heavy (non-hydrogen) atoms. The van der Waals surface area contributed by atoms with Gasteiger partial charge in [-0.25, -0.2) is 4.39 Å². The zero-order valence-corrected chi connectivity index (χ0v) is 10.2. The molecule has 4 N–H and O–H groups in total. The molecule has 0 aliphatic heterocycles. The van der Waals surface area contributed by atoms with Crippen molar-refractivity contribution < 1.29 is 24.1 Å². The highest BCUT2D eigenvalue weighted by Crippen LogP contribution is 2.37. The SMILES string of the molecule is COc1c(F)cc(C(N)CCC(=O)O)c(C)c1O. The van der Waals surface area contributed by atoms with Gasteiger partial charge in [-0.05, 0) is 30.5 Å². The number of aliphatic carboxylic acids is 1. The topological polar surface area (TPSA) is 92.8 Å². The van der Waals surface area contributed by atoms with E-state index in [1.807, 2.05) is 0 Å². The standard InChI is InChI=1S/C12H16FNO4/c1-6-7(9(14)3-4-10(15)16)5-8(13)12(18-2)11(6)17/h5,9,17H,3-4,14H2,1-2H3,(H,15,16). The molecule has 1 atom stereocenters. The zero-order chi connectivity index (χ0) is 13.9. The van der Waals surface area contributed by atoms with Crippen molar-refractivity contribution in [2.24, 2.45) is 5.73 Å². The largest absolute Gasteiger partial charge is 0.504 e. The van der Waals surface area contributed by atoms with Crippen LogP contribution in [0.15, 0.2) is 6.07 Å². The number of rotatable bonds is 5. The number of carboxylic acids is 1. The highest BCUT2D eigenvalue weighted by Gasteiger charge is 2.19. The summed E-state index contributed by atoms with van der Waals surface area (Å²) in [5.41, 5.74) is 6.57. The van der Waals surface area contributed by atoms with Gasteiger partial charge in [-0.2, -0.15) is 0 Å². The van der Waals surface area contributed by atoms with Crippen LogP contribution in [0.5, 0.6) is 11.5 Å². The molecule has 1 aromatic carbocycles. The lowest BCUT2D eigenvalue weighted by molar-refractivity contribution is -0.137. The number of aromatic hydroxyl groups is 1. The van der Waals surface area contributed by atoms with E-state index >= 15 is 0 Å². The fourth-order valence-electron chi connectivity index (χ4n) is 1.74. The molecule has 0 fully saturated rings. The number of carboxylic acid groups (broad SMARTS) is 1. The summed E-state index contributed by atoms with van der Waals surface area (Å²) in [5, 5.41) is 18.3. The van der Waals surface area contributed by atoms with Crippen molar-refractivity contribution in [2.45, 2.75) is 25.8 Å². The molecular formula is C12H16FNO4. The molecule has 0 spiro atoms. The number of nitrogens with two attached hydrogens (primary N) is 1. The Morgan fingerprint density at radius 1 is 1.61 bits per heavy atom. The first-order valence-corrected chi connectivity index (χ1v) is 5.41. The lowest BCUT2D eigenvalue weighted by Gasteiger charge is -2.17. The minimum atomic E-state index is -0.971. The molecule has 1 unspecified atom stereocenters. The lowest BCUT2D eigenvalue weighted by Crippen LogP contribution is -2.14. The summed E-state index contributed by atoms with van der Waals surface area (Å²) in [6.07, 6.45) is 0.0520. The Bertz CT molecular complexity index is 462. The Balaban J connectivity index is 3.06. The highest BCUT2D eigenvalue weighted by molar-refractivity contribution is 5.66. The first kappa shape index (κ1) is 14.2. The van der Waals surface area contributed by atoms with Crippen molar-refractivity contribution >= 4 is 5.97 Å². The smallest absolute Gasteiger partial charge is 0.303 e. The van der Waals surface area contributed by atoms with Crippen LogP contribution in [-0.4, -0.2) is 23.3 Å². The molecule has 0 heterocycles. The number of ether oxygens (including phenoxy) is 1. The van der Waals surface area contributed by atoms with E-state index < -0.39 is 17.8 Å². The summed E-state index contributed by atoms with van der Waals surface area (Å²) in [7, 11) is 1.25. The van der Waals surface area contributed by atoms with Crippen molar-refractivity contribution in [1.29, 1.82) is 0 Å². The molecule has 1 aromatic rings. The summed E-state index contributed by atoms with van der Waals surface area (Å²) < 4.78 is 18.3. The van der Waals surface area contributed by atoms with Gasteiger partial charge >= 0.3 is 5.97 Å². The second-order valence-electron chi connectivity index (χ2n) is 3.99. The van der Waals surface area contributed by atoms with Gasteiger partial charge in [0, 0.05) is 12.5 Å². The maximum absolute atomic E-state index is 13.6. The Kier molecular flexibility index (Phi) is 4.49. The van der Waals surface area contributed by atoms with Gasteiger partial charge in [-0.15, -0.1) is 0 Å². The first-order valence-electron chi connectivity index (χ1n) is 5.41. The van der Waals surface area contributed by atoms with Crippen LogP contribution in [0.1, 0.15) is 30.0 Å². The number of phenols is 1. The summed E-state index contributed by atoms with van der Waals surface area (Å²) in [5.74, 6) is -2.23. The molecule has 6 heteroatoms. The van der Waals surface area contributed by atoms with Crippen LogP contribution in [0.3, 0.4) is 0 Å². The lowest BCUT2D eigenvalue weighted by atomic mass is 9.97. The molecule has 0 bridgehead atoms. The number of methoxy groups -OCH3 is 1. The van der Waals surface area contributed by atoms with E-state index in [4.69, 9.17) is 15.6 Å². The van der Waals surface area contributed by atoms with Gasteiger partial charge in [0.25, 0.3) is 0 Å². The Labute approximate surface area is 104 Å². The van der Waals surface area contributed by atoms with Gasteiger partial charge in [0.2, 0.25) is 0 Å². The van der Waals surface area contributed by atoms with Crippen LogP contribution >= 0.6 is 0 Å². The zero-order valence-electron chi connectivity index (χ0n) is 10.2. The van der Waals surface area contributed by atoms with Crippen LogP contribution in [-0.2, 0) is 4.79 Å². The number of benzene rings is 1. The molecule has 0 amide bonds. The van der Waals surface area contributed by atoms with E-state index in [2.05, 4.69) is 0 Å². The van der Waals surface area contributed by atoms with Crippen molar-refractivity contribution in [3.8, 4) is 11.5 Å². The molecule has 5 nitrogen and oxygen atoms in total. The molecule has 0 aromatic heterocycles. The average Bonchev–Trinajstić information content (AvgIpc) is 2.31. The third-order valence-electron chi connectivity index (χ3n) is 2.78. The van der Waals surface area contributed by atoms with Gasteiger partial charge in [-0.3, -0.25) is 4.79 Å². The summed E-state index contributed by atoms with van der Waals surface area (Å²) in [6.45, 7) is 1.58. The predicted octanol–water partition coefficient (Wildman–Crippen LogP) is 1.71. The predicted molar refractivity (Wildman–Crippen MR) is 63.2 cm³/mol. The Morgan fingerprint density at radius 3 is 2.72 bits per heavy atom. The first-order chi connectivity index (χ1) is 8.38. The average molecular weight is 257 g/mol. The molecule has 0 saturated heterocycles. The summed E-state index contributed by atoms with van der Waals surface area (Å²) in [4.78, 5) is 10.5. The van der Waals surface area contributed by atoms with E-state index in [-0.39, 0.29) is 24.3 Å². The number of hydrogen-bond acceptors (Lipinski definition) is 4. The molecule has 0 saturated carbocycles. The second-order valence-corrected chi connectivity index (χ2v) is 3.99. The van der Waals surface area contributed by atoms with Crippen LogP contribution in [0.2, 0.25) is 0 Å². The minimum absolute atomic E-state index is 0.116. The Morgan fingerprint density at radius 2 is 2.22 bits per heavy atom. The van der Waals surface area contributed by atoms with E-state index in [1.54, 1.807) is 6.92 Å². The normalized spacial score (nSPS) is 12.2. The third kappa shape index (κ3) is 2.89. The van der Waals surface area contributed by atoms with E-state index in [0.717, 1.165) is 0 Å². The van der Waals surface area contributed by atoms with Gasteiger partial charge in [-0.1, -0.05) is 0 Å². The van der Waals surface area contributed by atoms with E-state index in [9.17, 15) is 14.3 Å². The quantitative estimate of drug-likeness (QED) is 0.746. The van der Waals surface area contributed by atoms with E-state index in [1.165, 1.54) is 13.2 Å². The summed E-state index contributed by atoms with van der Waals surface area (Å²) >= 11 is 0. The van der Waals surface area contributed by atoms with Crippen LogP contribution in [0.25, 0.3) is 0 Å². The number of hydrogen-bond donors (Lipinski definition) is 3. The maximum Gasteiger partial charge on any atom is 0.303 e. The number of carbonyl (C=O) groups is 1. The van der Waals surface area contributed by atoms with Crippen LogP contribution in [0.4, 0.5) is 4.39 Å². The summed E-state index contributed by atoms with van der Waals surface area (Å²) in [6, 6.07) is 0.521. The van der Waals surface area contributed by atoms with Crippen molar-refractivity contribution in [3.63, 3.8) is 0 Å². The molecule has 0 aliphatic carbocycles. The fraction of sp³-hybridized carbons (Fsp3) is 0.417. The van der Waals surface area contributed by atoms with Gasteiger partial charge in [0.1, 0.15) is 0 Å². The Hall–Kier alpha value is -1.82. The molecule has 1 rings (SSSR count). The third-order valence-corrected chi connectivity index (χ3v) is 2.78. The number of halogens is 1. The van der Waals surface area contributed by atoms with Crippen molar-refractivity contribution in [2.75, 3.05) is 7.11 Å². The van der Waals surface area contributed by atoms with Crippen LogP contribution < -0.4 is 10.5 Å². The monoisotopic (exact) mass is 257 g/mol. The van der Waals surface area contributed by atoms with Gasteiger partial charge in [0.15, 0.2) is 17.3 Å². The van der Waals surface area contributed by atoms with Crippen molar-refractivity contribution in [1.82, 2.24) is 0 Å². The van der Waals surface area contributed by atoms with Crippen LogP contribution in [0, 0.1) is 12.7 Å². The number of phenolic OH excluding ortho intramolecular Hbond substituents is 1.